The van der Waals surface area contributed by atoms with E-state index in [0.29, 0.717) is 11.3 Å². The minimum atomic E-state index is 0.0357. The molecule has 4 heteroatoms. The zero-order chi connectivity index (χ0) is 12.6. The van der Waals surface area contributed by atoms with Crippen molar-refractivity contribution in [3.63, 3.8) is 0 Å². The summed E-state index contributed by atoms with van der Waals surface area (Å²) in [7, 11) is 0. The van der Waals surface area contributed by atoms with E-state index in [9.17, 15) is 4.79 Å². The molecule has 0 atom stereocenters. The van der Waals surface area contributed by atoms with Crippen LogP contribution in [0.1, 0.15) is 26.4 Å². The van der Waals surface area contributed by atoms with Crippen LogP contribution in [0.3, 0.4) is 0 Å². The Balaban J connectivity index is 2.47. The highest BCUT2D eigenvalue weighted by Crippen LogP contribution is 2.29. The predicted molar refractivity (Wildman–Crippen MR) is 75.8 cm³/mol. The monoisotopic (exact) mass is 309 g/mol. The molecule has 2 aromatic rings. The zero-order valence-electron chi connectivity index (χ0n) is 9.58. The van der Waals surface area contributed by atoms with Gasteiger partial charge in [-0.2, -0.15) is 0 Å². The molecule has 0 aliphatic rings. The van der Waals surface area contributed by atoms with Crippen molar-refractivity contribution in [3.8, 4) is 0 Å². The number of benzene rings is 1. The Morgan fingerprint density at radius 2 is 1.94 bits per heavy atom. The van der Waals surface area contributed by atoms with Gasteiger partial charge in [-0.3, -0.25) is 4.79 Å². The summed E-state index contributed by atoms with van der Waals surface area (Å²) in [6.45, 7) is 3.89. The Kier molecular flexibility index (Phi) is 3.35. The van der Waals surface area contributed by atoms with Crippen LogP contribution in [0.5, 0.6) is 0 Å². The number of ketones is 1. The molecule has 0 unspecified atom stereocenters. The lowest BCUT2D eigenvalue weighted by Crippen LogP contribution is -2.02. The first-order valence-electron chi connectivity index (χ1n) is 5.16. The molecule has 0 amide bonds. The highest BCUT2D eigenvalue weighted by molar-refractivity contribution is 9.11. The van der Waals surface area contributed by atoms with Crippen LogP contribution < -0.4 is 5.73 Å². The van der Waals surface area contributed by atoms with Gasteiger partial charge >= 0.3 is 0 Å². The van der Waals surface area contributed by atoms with E-state index in [4.69, 9.17) is 5.73 Å². The van der Waals surface area contributed by atoms with Gasteiger partial charge in [0, 0.05) is 11.3 Å². The number of hydrogen-bond acceptors (Lipinski definition) is 3. The van der Waals surface area contributed by atoms with Crippen LogP contribution in [0.2, 0.25) is 0 Å². The number of carbonyl (C=O) groups excluding carboxylic acids is 1. The molecule has 0 radical (unpaired) electrons. The van der Waals surface area contributed by atoms with Gasteiger partial charge in [0.25, 0.3) is 0 Å². The predicted octanol–water partition coefficient (Wildman–Crippen LogP) is 3.94. The Bertz CT molecular complexity index is 570. The average molecular weight is 310 g/mol. The third kappa shape index (κ3) is 2.42. The number of anilines is 1. The first kappa shape index (κ1) is 12.3. The van der Waals surface area contributed by atoms with Crippen molar-refractivity contribution in [1.29, 1.82) is 0 Å². The van der Waals surface area contributed by atoms with Gasteiger partial charge < -0.3 is 5.73 Å². The van der Waals surface area contributed by atoms with Crippen LogP contribution >= 0.6 is 27.3 Å². The quantitative estimate of drug-likeness (QED) is 0.674. The molecular weight excluding hydrogens is 298 g/mol. The summed E-state index contributed by atoms with van der Waals surface area (Å²) < 4.78 is 1.00. The number of carbonyl (C=O) groups is 1. The Hall–Kier alpha value is -1.13. The van der Waals surface area contributed by atoms with E-state index >= 15 is 0 Å². The first-order valence-corrected chi connectivity index (χ1v) is 6.76. The van der Waals surface area contributed by atoms with Crippen molar-refractivity contribution in [1.82, 2.24) is 0 Å². The molecule has 0 fully saturated rings. The minimum absolute atomic E-state index is 0.0357. The molecular formula is C13H12BrNOS. The lowest BCUT2D eigenvalue weighted by molar-refractivity contribution is 0.104. The maximum Gasteiger partial charge on any atom is 0.203 e. The first-order chi connectivity index (χ1) is 7.99. The maximum atomic E-state index is 12.3. The molecule has 1 aromatic heterocycles. The Labute approximate surface area is 113 Å². The van der Waals surface area contributed by atoms with Crippen LogP contribution in [-0.2, 0) is 0 Å². The number of nitrogen functional groups attached to an aromatic ring is 1. The molecule has 0 saturated carbocycles. The number of aryl methyl sites for hydroxylation is 2. The molecule has 88 valence electrons. The van der Waals surface area contributed by atoms with Gasteiger partial charge in [0.05, 0.1) is 8.66 Å². The number of halogens is 1. The molecule has 1 aromatic carbocycles. The number of thiophene rings is 1. The molecule has 2 N–H and O–H groups in total. The fourth-order valence-corrected chi connectivity index (χ4v) is 3.08. The second-order valence-corrected chi connectivity index (χ2v) is 6.34. The van der Waals surface area contributed by atoms with Crippen LogP contribution in [0.15, 0.2) is 28.1 Å². The SMILES string of the molecule is Cc1ccc(N)cc1C(=O)c1cc(C)c(Br)s1. The summed E-state index contributed by atoms with van der Waals surface area (Å²) in [6, 6.07) is 7.32. The molecule has 0 spiro atoms. The van der Waals surface area contributed by atoms with Gasteiger partial charge in [-0.15, -0.1) is 11.3 Å². The molecule has 0 bridgehead atoms. The van der Waals surface area contributed by atoms with Crippen molar-refractivity contribution in [3.05, 3.63) is 49.6 Å². The topological polar surface area (TPSA) is 43.1 Å². The van der Waals surface area contributed by atoms with Crippen molar-refractivity contribution in [2.45, 2.75) is 13.8 Å². The Morgan fingerprint density at radius 3 is 2.53 bits per heavy atom. The number of nitrogens with two attached hydrogens (primary N) is 1. The van der Waals surface area contributed by atoms with Crippen LogP contribution in [0.4, 0.5) is 5.69 Å². The van der Waals surface area contributed by atoms with E-state index in [0.717, 1.165) is 19.8 Å². The lowest BCUT2D eigenvalue weighted by Gasteiger charge is -2.04. The van der Waals surface area contributed by atoms with E-state index in [1.165, 1.54) is 11.3 Å². The normalized spacial score (nSPS) is 10.5. The smallest absolute Gasteiger partial charge is 0.203 e. The summed E-state index contributed by atoms with van der Waals surface area (Å²) in [6.07, 6.45) is 0. The molecule has 0 aliphatic carbocycles. The highest BCUT2D eigenvalue weighted by Gasteiger charge is 2.15. The number of hydrogen-bond donors (Lipinski definition) is 1. The van der Waals surface area contributed by atoms with Gasteiger partial charge in [-0.1, -0.05) is 6.07 Å². The van der Waals surface area contributed by atoms with Crippen LogP contribution in [0, 0.1) is 13.8 Å². The average Bonchev–Trinajstić information content (AvgIpc) is 2.62. The van der Waals surface area contributed by atoms with Gasteiger partial charge in [0.15, 0.2) is 0 Å². The molecule has 2 nitrogen and oxygen atoms in total. The Morgan fingerprint density at radius 1 is 1.24 bits per heavy atom. The fourth-order valence-electron chi connectivity index (χ4n) is 1.59. The fraction of sp³-hybridized carbons (Fsp3) is 0.154. The van der Waals surface area contributed by atoms with Gasteiger partial charge in [-0.05, 0) is 59.1 Å². The summed E-state index contributed by atoms with van der Waals surface area (Å²) in [4.78, 5) is 13.1. The van der Waals surface area contributed by atoms with E-state index in [2.05, 4.69) is 15.9 Å². The van der Waals surface area contributed by atoms with E-state index in [1.807, 2.05) is 32.0 Å². The third-order valence-electron chi connectivity index (χ3n) is 2.59. The summed E-state index contributed by atoms with van der Waals surface area (Å²) in [5, 5.41) is 0. The van der Waals surface area contributed by atoms with Crippen LogP contribution in [0.25, 0.3) is 0 Å². The van der Waals surface area contributed by atoms with Crippen LogP contribution in [-0.4, -0.2) is 5.78 Å². The highest BCUT2D eigenvalue weighted by atomic mass is 79.9. The molecule has 2 rings (SSSR count). The summed E-state index contributed by atoms with van der Waals surface area (Å²) >= 11 is 4.89. The van der Waals surface area contributed by atoms with Crippen molar-refractivity contribution in [2.75, 3.05) is 5.73 Å². The van der Waals surface area contributed by atoms with E-state index < -0.39 is 0 Å². The van der Waals surface area contributed by atoms with E-state index in [1.54, 1.807) is 6.07 Å². The van der Waals surface area contributed by atoms with Gasteiger partial charge in [-0.25, -0.2) is 0 Å². The second-order valence-electron chi connectivity index (χ2n) is 3.97. The lowest BCUT2D eigenvalue weighted by atomic mass is 10.0. The molecule has 1 heterocycles. The summed E-state index contributed by atoms with van der Waals surface area (Å²) in [5.74, 6) is 0.0357. The van der Waals surface area contributed by atoms with Crippen molar-refractivity contribution in [2.24, 2.45) is 0 Å². The second kappa shape index (κ2) is 4.63. The maximum absolute atomic E-state index is 12.3. The summed E-state index contributed by atoms with van der Waals surface area (Å²) in [5.41, 5.74) is 9.05. The molecule has 0 saturated heterocycles. The largest absolute Gasteiger partial charge is 0.399 e. The van der Waals surface area contributed by atoms with Crippen molar-refractivity contribution < 1.29 is 4.79 Å². The zero-order valence-corrected chi connectivity index (χ0v) is 12.0. The third-order valence-corrected chi connectivity index (χ3v) is 4.72. The van der Waals surface area contributed by atoms with E-state index in [-0.39, 0.29) is 5.78 Å². The minimum Gasteiger partial charge on any atom is -0.399 e. The number of rotatable bonds is 2. The van der Waals surface area contributed by atoms with Gasteiger partial charge in [0.2, 0.25) is 5.78 Å². The standard InChI is InChI=1S/C13H12BrNOS/c1-7-3-4-9(15)6-10(7)12(16)11-5-8(2)13(14)17-11/h3-6H,15H2,1-2H3. The van der Waals surface area contributed by atoms with Crippen molar-refractivity contribution >= 4 is 38.7 Å². The molecule has 0 aliphatic heterocycles. The molecule has 17 heavy (non-hydrogen) atoms. The van der Waals surface area contributed by atoms with Gasteiger partial charge in [0.1, 0.15) is 0 Å².